The maximum Gasteiger partial charge on any atom is 0.310 e. The van der Waals surface area contributed by atoms with Crippen LogP contribution in [0.4, 0.5) is 0 Å². The van der Waals surface area contributed by atoms with Crippen LogP contribution in [0.2, 0.25) is 0 Å². The Morgan fingerprint density at radius 2 is 1.34 bits per heavy atom. The fraction of sp³-hybridized carbons (Fsp3) is 0.935. The third kappa shape index (κ3) is 7.28. The molecule has 0 radical (unpaired) electrons. The molecule has 3 heterocycles. The lowest BCUT2D eigenvalue weighted by molar-refractivity contribution is -0.385. The number of hydrogen-bond donors (Lipinski definition) is 9. The van der Waals surface area contributed by atoms with Crippen molar-refractivity contribution in [1.29, 1.82) is 0 Å². The summed E-state index contributed by atoms with van der Waals surface area (Å²) in [6.45, 7) is 15.0. The summed E-state index contributed by atoms with van der Waals surface area (Å²) >= 11 is 0. The van der Waals surface area contributed by atoms with Gasteiger partial charge in [-0.05, 0) is 109 Å². The van der Waals surface area contributed by atoms with Crippen LogP contribution in [0.25, 0.3) is 0 Å². The summed E-state index contributed by atoms with van der Waals surface area (Å²) in [5.74, 6) is -0.0624. The molecule has 0 aromatic carbocycles. The van der Waals surface area contributed by atoms with Gasteiger partial charge in [-0.3, -0.25) is 4.79 Å². The number of fused-ring (bicyclic) bond motifs is 7. The normalized spacial score (nSPS) is 53.6. The van der Waals surface area contributed by atoms with Crippen molar-refractivity contribution in [2.75, 3.05) is 19.8 Å². The third-order valence-corrected chi connectivity index (χ3v) is 18.6. The Hall–Kier alpha value is -1.35. The summed E-state index contributed by atoms with van der Waals surface area (Å²) in [6, 6.07) is 0. The Morgan fingerprint density at radius 3 is 2.03 bits per heavy atom. The van der Waals surface area contributed by atoms with E-state index in [2.05, 4.69) is 54.5 Å². The molecule has 8 rings (SSSR count). The molecule has 7 fully saturated rings. The Bertz CT molecular complexity index is 1690. The molecule has 21 atom stereocenters. The standard InChI is InChI=1S/C46H74O16/c1-41(2)14-16-46(40(55)56)17-15-44(6)22(23(46)18-41)8-9-28-43(5)12-11-29(42(3,4)27(43)10-13-45(28,44)7)60-39-36(62-38-34(54)32(52)31(51)26(19-47)59-38)35(25(49)21-58-39)61-37-33(53)30(50)24(48)20-57-37/h8,23-39,47-54H,9-21H2,1-7H3,(H,55,56)/t23-,24-,25-,26+,27?,28+,29-,30-,31+,32-,33+,34+,35-,36+,37-,38-,39-,43-,44+,45+,46-/m0/s1. The number of carboxylic acid groups (broad SMARTS) is 1. The number of carbonyl (C=O) groups is 1. The predicted molar refractivity (Wildman–Crippen MR) is 219 cm³/mol. The number of hydrogen-bond acceptors (Lipinski definition) is 15. The number of ether oxygens (including phenoxy) is 6. The molecule has 4 saturated carbocycles. The van der Waals surface area contributed by atoms with Crippen molar-refractivity contribution in [3.63, 3.8) is 0 Å². The fourth-order valence-corrected chi connectivity index (χ4v) is 14.6. The lowest BCUT2D eigenvalue weighted by Crippen LogP contribution is -2.66. The van der Waals surface area contributed by atoms with Gasteiger partial charge in [0.1, 0.15) is 61.0 Å². The number of allylic oxidation sites excluding steroid dienone is 2. The summed E-state index contributed by atoms with van der Waals surface area (Å²) in [5.41, 5.74) is 0.0518. The molecule has 354 valence electrons. The van der Waals surface area contributed by atoms with Crippen LogP contribution >= 0.6 is 0 Å². The van der Waals surface area contributed by atoms with Crippen LogP contribution in [0, 0.1) is 50.2 Å². The average Bonchev–Trinajstić information content (AvgIpc) is 3.21. The van der Waals surface area contributed by atoms with E-state index in [1.807, 2.05) is 0 Å². The smallest absolute Gasteiger partial charge is 0.310 e. The van der Waals surface area contributed by atoms with Gasteiger partial charge in [0.2, 0.25) is 0 Å². The number of aliphatic carboxylic acids is 1. The highest BCUT2D eigenvalue weighted by Crippen LogP contribution is 2.76. The molecule has 9 N–H and O–H groups in total. The number of rotatable bonds is 8. The minimum absolute atomic E-state index is 0.0240. The van der Waals surface area contributed by atoms with Crippen molar-refractivity contribution >= 4 is 5.97 Å². The molecular weight excluding hydrogens is 808 g/mol. The maximum absolute atomic E-state index is 13.1. The first-order valence-corrected chi connectivity index (χ1v) is 23.1. The van der Waals surface area contributed by atoms with E-state index in [4.69, 9.17) is 28.4 Å². The zero-order chi connectivity index (χ0) is 45.1. The highest BCUT2D eigenvalue weighted by atomic mass is 16.8. The van der Waals surface area contributed by atoms with Gasteiger partial charge in [-0.15, -0.1) is 0 Å². The molecule has 3 saturated heterocycles. The lowest BCUT2D eigenvalue weighted by Gasteiger charge is -2.71. The largest absolute Gasteiger partial charge is 0.481 e. The minimum atomic E-state index is -1.80. The van der Waals surface area contributed by atoms with E-state index in [-0.39, 0.29) is 46.7 Å². The zero-order valence-corrected chi connectivity index (χ0v) is 37.5. The molecule has 0 bridgehead atoms. The topological polar surface area (TPSA) is 255 Å². The molecule has 0 spiro atoms. The Labute approximate surface area is 364 Å². The Morgan fingerprint density at radius 1 is 0.694 bits per heavy atom. The second-order valence-corrected chi connectivity index (χ2v) is 22.6. The van der Waals surface area contributed by atoms with Crippen molar-refractivity contribution < 1.29 is 79.2 Å². The number of carboxylic acids is 1. The quantitative estimate of drug-likeness (QED) is 0.125. The highest BCUT2D eigenvalue weighted by molar-refractivity contribution is 5.76. The molecule has 0 amide bonds. The fourth-order valence-electron chi connectivity index (χ4n) is 14.6. The van der Waals surface area contributed by atoms with Gasteiger partial charge in [-0.25, -0.2) is 0 Å². The number of aliphatic hydroxyl groups is 8. The van der Waals surface area contributed by atoms with E-state index in [1.165, 1.54) is 5.57 Å². The SMILES string of the molecule is CC1(C)CC[C@]2(C(=O)O)CC[C@]3(C)C(=CC[C@@H]4[C@@]5(C)CC[C@H](O[C@@H]6OC[C@H](O)[C@H](O[C@@H]7OC[C@H](O)[C@H](O)[C@H]7O)[C@H]6O[C@@H]6O[C@H](CO)[C@@H](O)[C@H](O)[C@H]6O)C(C)(C)C5CC[C@]43C)[C@@H]2C1. The summed E-state index contributed by atoms with van der Waals surface area (Å²) in [5, 5.41) is 95.5. The summed E-state index contributed by atoms with van der Waals surface area (Å²) in [4.78, 5) is 13.1. The van der Waals surface area contributed by atoms with E-state index in [1.54, 1.807) is 0 Å². The van der Waals surface area contributed by atoms with Crippen LogP contribution < -0.4 is 0 Å². The second kappa shape index (κ2) is 16.5. The van der Waals surface area contributed by atoms with Gasteiger partial charge in [0.25, 0.3) is 0 Å². The van der Waals surface area contributed by atoms with Crippen LogP contribution in [0.1, 0.15) is 113 Å². The van der Waals surface area contributed by atoms with Crippen molar-refractivity contribution in [3.05, 3.63) is 11.6 Å². The van der Waals surface area contributed by atoms with Gasteiger partial charge in [-0.2, -0.15) is 0 Å². The molecule has 0 aromatic heterocycles. The molecule has 1 unspecified atom stereocenters. The first-order chi connectivity index (χ1) is 29.0. The van der Waals surface area contributed by atoms with E-state index in [0.29, 0.717) is 18.8 Å². The van der Waals surface area contributed by atoms with E-state index >= 15 is 0 Å². The van der Waals surface area contributed by atoms with E-state index < -0.39 is 109 Å². The van der Waals surface area contributed by atoms with Crippen molar-refractivity contribution in [2.24, 2.45) is 50.2 Å². The zero-order valence-electron chi connectivity index (χ0n) is 37.5. The Kier molecular flexibility index (Phi) is 12.5. The van der Waals surface area contributed by atoms with Gasteiger partial charge in [-0.1, -0.05) is 60.1 Å². The first kappa shape index (κ1) is 47.2. The van der Waals surface area contributed by atoms with Crippen LogP contribution in [0.3, 0.4) is 0 Å². The molecular formula is C46H74O16. The molecule has 16 nitrogen and oxygen atoms in total. The lowest BCUT2D eigenvalue weighted by atomic mass is 9.33. The van der Waals surface area contributed by atoms with Gasteiger partial charge >= 0.3 is 5.97 Å². The molecule has 5 aliphatic carbocycles. The number of aliphatic hydroxyl groups excluding tert-OH is 8. The van der Waals surface area contributed by atoms with Gasteiger partial charge < -0.3 is 74.4 Å². The summed E-state index contributed by atoms with van der Waals surface area (Å²) in [6.07, 6.45) is -9.39. The summed E-state index contributed by atoms with van der Waals surface area (Å²) < 4.78 is 36.8. The maximum atomic E-state index is 13.1. The molecule has 62 heavy (non-hydrogen) atoms. The monoisotopic (exact) mass is 882 g/mol. The van der Waals surface area contributed by atoms with Crippen molar-refractivity contribution in [3.8, 4) is 0 Å². The van der Waals surface area contributed by atoms with Crippen molar-refractivity contribution in [1.82, 2.24) is 0 Å². The summed E-state index contributed by atoms with van der Waals surface area (Å²) in [7, 11) is 0. The van der Waals surface area contributed by atoms with Crippen LogP contribution in [0.15, 0.2) is 11.6 Å². The van der Waals surface area contributed by atoms with Gasteiger partial charge in [0.05, 0.1) is 31.3 Å². The van der Waals surface area contributed by atoms with Crippen LogP contribution in [-0.2, 0) is 33.2 Å². The third-order valence-electron chi connectivity index (χ3n) is 18.6. The molecule has 16 heteroatoms. The first-order valence-electron chi connectivity index (χ1n) is 23.1. The predicted octanol–water partition coefficient (Wildman–Crippen LogP) is 1.98. The second-order valence-electron chi connectivity index (χ2n) is 22.6. The van der Waals surface area contributed by atoms with Crippen LogP contribution in [-0.4, -0.2) is 158 Å². The highest BCUT2D eigenvalue weighted by Gasteiger charge is 2.70. The molecule has 0 aromatic rings. The molecule has 3 aliphatic heterocycles. The van der Waals surface area contributed by atoms with Crippen LogP contribution in [0.5, 0.6) is 0 Å². The van der Waals surface area contributed by atoms with Gasteiger partial charge in [0.15, 0.2) is 18.9 Å². The van der Waals surface area contributed by atoms with E-state index in [9.17, 15) is 50.8 Å². The minimum Gasteiger partial charge on any atom is -0.481 e. The van der Waals surface area contributed by atoms with Crippen molar-refractivity contribution in [2.45, 2.75) is 199 Å². The average molecular weight is 883 g/mol. The Balaban J connectivity index is 1.06. The van der Waals surface area contributed by atoms with E-state index in [0.717, 1.165) is 51.4 Å². The van der Waals surface area contributed by atoms with Gasteiger partial charge in [0, 0.05) is 0 Å². The molecule has 8 aliphatic rings.